The molecule has 1 fully saturated rings. The van der Waals surface area contributed by atoms with E-state index in [2.05, 4.69) is 4.74 Å². The maximum atomic E-state index is 13.6. The van der Waals surface area contributed by atoms with Crippen molar-refractivity contribution in [2.24, 2.45) is 17.3 Å². The lowest BCUT2D eigenvalue weighted by atomic mass is 10.1. The van der Waals surface area contributed by atoms with Gasteiger partial charge in [0.05, 0.1) is 16.5 Å². The summed E-state index contributed by atoms with van der Waals surface area (Å²) in [6.07, 6.45) is -5.67. The summed E-state index contributed by atoms with van der Waals surface area (Å²) >= 11 is 5.07. The number of hydrogen-bond acceptors (Lipinski definition) is 2. The fraction of sp³-hybridized carbons (Fsp3) is 0.471. The van der Waals surface area contributed by atoms with Gasteiger partial charge in [-0.25, -0.2) is 22.0 Å². The molecule has 2 rings (SSSR count). The lowest BCUT2D eigenvalue weighted by Gasteiger charge is -2.18. The standard InChI is InChI=1S/C17H11ClF10O2/c1-15(2)6(3-7(18)16(24,25)17(26,27)28)8(15)14(29)30-4-5-9(19)11(21)13(23)12(22)10(5)20/h3,6,8H,4H2,1-2H3. The molecule has 1 aliphatic rings. The van der Waals surface area contributed by atoms with E-state index in [1.165, 1.54) is 13.8 Å². The van der Waals surface area contributed by atoms with Crippen LogP contribution in [0.25, 0.3) is 0 Å². The van der Waals surface area contributed by atoms with Crippen LogP contribution < -0.4 is 0 Å². The second kappa shape index (κ2) is 7.61. The number of rotatable bonds is 5. The highest BCUT2D eigenvalue weighted by Gasteiger charge is 2.65. The van der Waals surface area contributed by atoms with Crippen molar-refractivity contribution in [1.29, 1.82) is 0 Å². The SMILES string of the molecule is CC1(C)C(C=C(Cl)C(F)(F)C(F)(F)F)C1C(=O)OCc1c(F)c(F)c(F)c(F)c1F. The molecule has 168 valence electrons. The van der Waals surface area contributed by atoms with Crippen molar-refractivity contribution in [3.05, 3.63) is 45.8 Å². The van der Waals surface area contributed by atoms with Gasteiger partial charge in [-0.15, -0.1) is 0 Å². The Balaban J connectivity index is 2.19. The van der Waals surface area contributed by atoms with Crippen molar-refractivity contribution in [1.82, 2.24) is 0 Å². The molecule has 2 atom stereocenters. The molecule has 2 nitrogen and oxygen atoms in total. The Morgan fingerprint density at radius 3 is 1.83 bits per heavy atom. The smallest absolute Gasteiger partial charge is 0.459 e. The molecule has 1 saturated carbocycles. The lowest BCUT2D eigenvalue weighted by molar-refractivity contribution is -0.261. The largest absolute Gasteiger partial charge is 0.460 e. The van der Waals surface area contributed by atoms with Gasteiger partial charge in [0.1, 0.15) is 6.61 Å². The van der Waals surface area contributed by atoms with Crippen LogP contribution in [0.4, 0.5) is 43.9 Å². The van der Waals surface area contributed by atoms with Gasteiger partial charge in [0.2, 0.25) is 5.82 Å². The number of benzene rings is 1. The zero-order chi connectivity index (χ0) is 23.4. The van der Waals surface area contributed by atoms with Gasteiger partial charge in [0.15, 0.2) is 23.3 Å². The third-order valence-electron chi connectivity index (χ3n) is 4.81. The Hall–Kier alpha value is -1.98. The van der Waals surface area contributed by atoms with Gasteiger partial charge in [0, 0.05) is 0 Å². The summed E-state index contributed by atoms with van der Waals surface area (Å²) < 4.78 is 134. The number of ether oxygens (including phenoxy) is 1. The monoisotopic (exact) mass is 472 g/mol. The van der Waals surface area contributed by atoms with Crippen molar-refractivity contribution in [2.45, 2.75) is 32.6 Å². The molecular weight excluding hydrogens is 462 g/mol. The Morgan fingerprint density at radius 2 is 1.40 bits per heavy atom. The molecule has 0 heterocycles. The number of alkyl halides is 5. The first-order chi connectivity index (χ1) is 13.5. The molecule has 1 aromatic carbocycles. The van der Waals surface area contributed by atoms with Crippen LogP contribution in [-0.2, 0) is 16.1 Å². The topological polar surface area (TPSA) is 26.3 Å². The predicted octanol–water partition coefficient (Wildman–Crippen LogP) is 6.02. The fourth-order valence-electron chi connectivity index (χ4n) is 2.85. The average molecular weight is 473 g/mol. The van der Waals surface area contributed by atoms with Crippen LogP contribution in [0.1, 0.15) is 19.4 Å². The molecule has 0 bridgehead atoms. The van der Waals surface area contributed by atoms with Gasteiger partial charge < -0.3 is 4.74 Å². The molecule has 30 heavy (non-hydrogen) atoms. The number of esters is 1. The fourth-order valence-corrected chi connectivity index (χ4v) is 3.09. The molecule has 0 N–H and O–H groups in total. The van der Waals surface area contributed by atoms with E-state index in [9.17, 15) is 48.7 Å². The van der Waals surface area contributed by atoms with Gasteiger partial charge in [0.25, 0.3) is 0 Å². The predicted molar refractivity (Wildman–Crippen MR) is 81.7 cm³/mol. The van der Waals surface area contributed by atoms with Gasteiger partial charge in [-0.1, -0.05) is 31.5 Å². The number of carbonyl (C=O) groups excluding carboxylic acids is 1. The van der Waals surface area contributed by atoms with Gasteiger partial charge >= 0.3 is 18.1 Å². The minimum Gasteiger partial charge on any atom is -0.460 e. The number of allylic oxidation sites excluding steroid dienone is 2. The van der Waals surface area contributed by atoms with Crippen LogP contribution in [0.2, 0.25) is 0 Å². The Kier molecular flexibility index (Phi) is 6.16. The average Bonchev–Trinajstić information content (AvgIpc) is 3.17. The summed E-state index contributed by atoms with van der Waals surface area (Å²) in [5, 5.41) is -1.89. The summed E-state index contributed by atoms with van der Waals surface area (Å²) in [5.74, 6) is -20.7. The van der Waals surface area contributed by atoms with Gasteiger partial charge in [-0.3, -0.25) is 4.79 Å². The summed E-state index contributed by atoms with van der Waals surface area (Å²) in [5.41, 5.74) is -2.68. The van der Waals surface area contributed by atoms with Gasteiger partial charge in [-0.2, -0.15) is 22.0 Å². The van der Waals surface area contributed by atoms with Crippen LogP contribution in [0.15, 0.2) is 11.1 Å². The van der Waals surface area contributed by atoms with Crippen LogP contribution in [0.5, 0.6) is 0 Å². The molecular formula is C17H11ClF10O2. The molecule has 1 aromatic rings. The van der Waals surface area contributed by atoms with Crippen LogP contribution in [0, 0.1) is 46.3 Å². The third kappa shape index (κ3) is 3.97. The van der Waals surface area contributed by atoms with Crippen LogP contribution in [0.3, 0.4) is 0 Å². The molecule has 0 radical (unpaired) electrons. The highest BCUT2D eigenvalue weighted by Crippen LogP contribution is 2.61. The summed E-state index contributed by atoms with van der Waals surface area (Å²) in [7, 11) is 0. The van der Waals surface area contributed by atoms with Crippen molar-refractivity contribution in [2.75, 3.05) is 0 Å². The summed E-state index contributed by atoms with van der Waals surface area (Å²) in [6.45, 7) is 1.18. The van der Waals surface area contributed by atoms with Crippen LogP contribution in [-0.4, -0.2) is 18.1 Å². The van der Waals surface area contributed by atoms with Crippen molar-refractivity contribution >= 4 is 17.6 Å². The van der Waals surface area contributed by atoms with E-state index in [4.69, 9.17) is 11.6 Å². The minimum absolute atomic E-state index is 0.319. The quantitative estimate of drug-likeness (QED) is 0.227. The van der Waals surface area contributed by atoms with Crippen molar-refractivity contribution in [3.8, 4) is 0 Å². The Bertz CT molecular complexity index is 878. The molecule has 0 aliphatic heterocycles. The highest BCUT2D eigenvalue weighted by molar-refractivity contribution is 6.30. The lowest BCUT2D eigenvalue weighted by Crippen LogP contribution is -2.36. The number of hydrogen-bond donors (Lipinski definition) is 0. The number of halogens is 11. The molecule has 0 spiro atoms. The van der Waals surface area contributed by atoms with Gasteiger partial charge in [-0.05, 0) is 11.3 Å². The zero-order valence-electron chi connectivity index (χ0n) is 14.9. The van der Waals surface area contributed by atoms with Crippen molar-refractivity contribution < 1.29 is 53.4 Å². The molecule has 0 aromatic heterocycles. The first-order valence-electron chi connectivity index (χ1n) is 7.95. The summed E-state index contributed by atoms with van der Waals surface area (Å²) in [4.78, 5) is 12.1. The first kappa shape index (κ1) is 24.3. The molecule has 0 saturated heterocycles. The van der Waals surface area contributed by atoms with Crippen molar-refractivity contribution in [3.63, 3.8) is 0 Å². The Labute approximate surface area is 167 Å². The van der Waals surface area contributed by atoms with E-state index in [-0.39, 0.29) is 0 Å². The van der Waals surface area contributed by atoms with E-state index < -0.39 is 81.6 Å². The highest BCUT2D eigenvalue weighted by atomic mass is 35.5. The summed E-state index contributed by atoms with van der Waals surface area (Å²) in [6, 6.07) is 0. The molecule has 13 heteroatoms. The minimum atomic E-state index is -5.98. The molecule has 0 amide bonds. The van der Waals surface area contributed by atoms with E-state index in [1.807, 2.05) is 0 Å². The Morgan fingerprint density at radius 1 is 0.967 bits per heavy atom. The van der Waals surface area contributed by atoms with E-state index >= 15 is 0 Å². The normalized spacial score (nSPS) is 21.6. The maximum Gasteiger partial charge on any atom is 0.459 e. The first-order valence-corrected chi connectivity index (χ1v) is 8.33. The maximum absolute atomic E-state index is 13.6. The third-order valence-corrected chi connectivity index (χ3v) is 5.17. The molecule has 1 aliphatic carbocycles. The van der Waals surface area contributed by atoms with E-state index in [0.29, 0.717) is 6.08 Å². The zero-order valence-corrected chi connectivity index (χ0v) is 15.7. The molecule has 2 unspecified atom stereocenters. The second-order valence-corrected chi connectivity index (χ2v) is 7.47. The number of carbonyl (C=O) groups is 1. The van der Waals surface area contributed by atoms with E-state index in [1.54, 1.807) is 0 Å². The van der Waals surface area contributed by atoms with Crippen LogP contribution >= 0.6 is 11.6 Å². The van der Waals surface area contributed by atoms with E-state index in [0.717, 1.165) is 0 Å². The second-order valence-electron chi connectivity index (χ2n) is 7.07.